The van der Waals surface area contributed by atoms with Crippen molar-refractivity contribution in [1.82, 2.24) is 0 Å². The lowest BCUT2D eigenvalue weighted by molar-refractivity contribution is -0.191. The highest BCUT2D eigenvalue weighted by Crippen LogP contribution is 2.24. The van der Waals surface area contributed by atoms with Gasteiger partial charge in [0, 0.05) is 14.2 Å². The van der Waals surface area contributed by atoms with E-state index in [2.05, 4.69) is 22.9 Å². The summed E-state index contributed by atoms with van der Waals surface area (Å²) in [7, 11) is 3.29. The van der Waals surface area contributed by atoms with Crippen LogP contribution < -0.4 is 0 Å². The monoisotopic (exact) mass is 210 g/mol. The van der Waals surface area contributed by atoms with Gasteiger partial charge in [-0.2, -0.15) is 0 Å². The first-order chi connectivity index (χ1) is 4.60. The minimum atomic E-state index is -0.491. The third kappa shape index (κ3) is 2.22. The molecule has 10 heavy (non-hydrogen) atoms. The molecule has 1 atom stereocenters. The molecule has 0 saturated heterocycles. The highest BCUT2D eigenvalue weighted by atomic mass is 79.9. The molecule has 0 aromatic heterocycles. The van der Waals surface area contributed by atoms with Crippen molar-refractivity contribution < 1.29 is 9.47 Å². The summed E-state index contributed by atoms with van der Waals surface area (Å²) in [5.41, 5.74) is 0. The molecular formula is C7H15BrO2. The fourth-order valence-electron chi connectivity index (χ4n) is 0.710. The summed E-state index contributed by atoms with van der Waals surface area (Å²) in [5, 5.41) is 0. The topological polar surface area (TPSA) is 18.5 Å². The summed E-state index contributed by atoms with van der Waals surface area (Å²) in [6.07, 6.45) is 0.984. The second-order valence-corrected chi connectivity index (χ2v) is 3.41. The average molecular weight is 211 g/mol. The van der Waals surface area contributed by atoms with Gasteiger partial charge < -0.3 is 9.47 Å². The Morgan fingerprint density at radius 1 is 1.40 bits per heavy atom. The zero-order valence-corrected chi connectivity index (χ0v) is 8.56. The molecule has 3 heteroatoms. The van der Waals surface area contributed by atoms with Crippen molar-refractivity contribution in [2.45, 2.75) is 30.9 Å². The van der Waals surface area contributed by atoms with Crippen LogP contribution >= 0.6 is 15.9 Å². The maximum Gasteiger partial charge on any atom is 0.177 e. The highest BCUT2D eigenvalue weighted by molar-refractivity contribution is 9.09. The van der Waals surface area contributed by atoms with Crippen molar-refractivity contribution in [2.75, 3.05) is 14.2 Å². The number of methoxy groups -OCH3 is 2. The van der Waals surface area contributed by atoms with Gasteiger partial charge in [0.2, 0.25) is 0 Å². The van der Waals surface area contributed by atoms with Gasteiger partial charge in [0.25, 0.3) is 0 Å². The molecule has 0 aromatic rings. The predicted octanol–water partition coefficient (Wildman–Crippen LogP) is 2.17. The fourth-order valence-corrected chi connectivity index (χ4v) is 1.08. The van der Waals surface area contributed by atoms with E-state index in [-0.39, 0.29) is 4.83 Å². The van der Waals surface area contributed by atoms with Gasteiger partial charge in [-0.05, 0) is 13.3 Å². The van der Waals surface area contributed by atoms with Crippen molar-refractivity contribution in [2.24, 2.45) is 0 Å². The van der Waals surface area contributed by atoms with Gasteiger partial charge in [0.15, 0.2) is 5.79 Å². The van der Waals surface area contributed by atoms with E-state index in [1.54, 1.807) is 14.2 Å². The molecule has 0 radical (unpaired) electrons. The van der Waals surface area contributed by atoms with Gasteiger partial charge in [-0.1, -0.05) is 22.9 Å². The second kappa shape index (κ2) is 4.31. The summed E-state index contributed by atoms with van der Waals surface area (Å²) in [4.78, 5) is 0.245. The smallest absolute Gasteiger partial charge is 0.177 e. The fraction of sp³-hybridized carbons (Fsp3) is 1.00. The molecule has 0 bridgehead atoms. The quantitative estimate of drug-likeness (QED) is 0.524. The Morgan fingerprint density at radius 2 is 1.80 bits per heavy atom. The van der Waals surface area contributed by atoms with E-state index in [4.69, 9.17) is 9.47 Å². The maximum atomic E-state index is 5.17. The van der Waals surface area contributed by atoms with Crippen LogP contribution in [0.5, 0.6) is 0 Å². The summed E-state index contributed by atoms with van der Waals surface area (Å²) >= 11 is 3.47. The molecule has 2 nitrogen and oxygen atoms in total. The zero-order chi connectivity index (χ0) is 8.20. The van der Waals surface area contributed by atoms with Crippen LogP contribution in [0.2, 0.25) is 0 Å². The summed E-state index contributed by atoms with van der Waals surface area (Å²) in [6, 6.07) is 0. The number of halogens is 1. The molecule has 0 aromatic carbocycles. The van der Waals surface area contributed by atoms with E-state index in [9.17, 15) is 0 Å². The Labute approximate surface area is 71.0 Å². The van der Waals surface area contributed by atoms with Crippen LogP contribution in [-0.2, 0) is 9.47 Å². The van der Waals surface area contributed by atoms with Crippen molar-refractivity contribution >= 4 is 15.9 Å². The molecule has 0 heterocycles. The van der Waals surface area contributed by atoms with Crippen molar-refractivity contribution in [3.05, 3.63) is 0 Å². The third-order valence-electron chi connectivity index (χ3n) is 1.74. The number of hydrogen-bond donors (Lipinski definition) is 0. The number of hydrogen-bond acceptors (Lipinski definition) is 2. The van der Waals surface area contributed by atoms with E-state index in [0.717, 1.165) is 6.42 Å². The lowest BCUT2D eigenvalue weighted by Crippen LogP contribution is -2.39. The first-order valence-corrected chi connectivity index (χ1v) is 4.26. The van der Waals surface area contributed by atoms with E-state index < -0.39 is 5.79 Å². The highest BCUT2D eigenvalue weighted by Gasteiger charge is 2.30. The van der Waals surface area contributed by atoms with Crippen molar-refractivity contribution in [3.63, 3.8) is 0 Å². The summed E-state index contributed by atoms with van der Waals surface area (Å²) in [6.45, 7) is 3.99. The summed E-state index contributed by atoms with van der Waals surface area (Å²) in [5.74, 6) is -0.491. The maximum absolute atomic E-state index is 5.17. The molecule has 62 valence electrons. The van der Waals surface area contributed by atoms with Gasteiger partial charge in [0.05, 0.1) is 4.83 Å². The van der Waals surface area contributed by atoms with Crippen LogP contribution in [0.3, 0.4) is 0 Å². The molecular weight excluding hydrogens is 196 g/mol. The van der Waals surface area contributed by atoms with Crippen LogP contribution in [0.4, 0.5) is 0 Å². The Balaban J connectivity index is 4.02. The lowest BCUT2D eigenvalue weighted by Gasteiger charge is -2.30. The molecule has 0 fully saturated rings. The number of ether oxygens (including phenoxy) is 2. The SMILES string of the molecule is CCC(Br)C(C)(OC)OC. The molecule has 0 aliphatic heterocycles. The molecule has 0 amide bonds. The standard InChI is InChI=1S/C7H15BrO2/c1-5-6(8)7(2,9-3)10-4/h6H,5H2,1-4H3. The molecule has 0 aliphatic rings. The van der Waals surface area contributed by atoms with E-state index in [1.165, 1.54) is 0 Å². The van der Waals surface area contributed by atoms with Gasteiger partial charge >= 0.3 is 0 Å². The minimum Gasteiger partial charge on any atom is -0.352 e. The van der Waals surface area contributed by atoms with E-state index in [0.29, 0.717) is 0 Å². The zero-order valence-electron chi connectivity index (χ0n) is 6.98. The van der Waals surface area contributed by atoms with E-state index >= 15 is 0 Å². The first kappa shape index (κ1) is 10.4. The Morgan fingerprint density at radius 3 is 1.90 bits per heavy atom. The number of rotatable bonds is 4. The average Bonchev–Trinajstić information content (AvgIpc) is 2.01. The minimum absolute atomic E-state index is 0.245. The summed E-state index contributed by atoms with van der Waals surface area (Å²) < 4.78 is 10.3. The van der Waals surface area contributed by atoms with Crippen LogP contribution in [0.25, 0.3) is 0 Å². The molecule has 0 aliphatic carbocycles. The molecule has 0 rings (SSSR count). The third-order valence-corrected chi connectivity index (χ3v) is 3.22. The van der Waals surface area contributed by atoms with Gasteiger partial charge in [-0.3, -0.25) is 0 Å². The van der Waals surface area contributed by atoms with Crippen molar-refractivity contribution in [1.29, 1.82) is 0 Å². The van der Waals surface area contributed by atoms with Crippen molar-refractivity contribution in [3.8, 4) is 0 Å². The predicted molar refractivity (Wildman–Crippen MR) is 45.4 cm³/mol. The number of alkyl halides is 1. The van der Waals surface area contributed by atoms with Gasteiger partial charge in [-0.25, -0.2) is 0 Å². The van der Waals surface area contributed by atoms with E-state index in [1.807, 2.05) is 6.92 Å². The lowest BCUT2D eigenvalue weighted by atomic mass is 10.2. The van der Waals surface area contributed by atoms with Crippen LogP contribution in [0, 0.1) is 0 Å². The van der Waals surface area contributed by atoms with Gasteiger partial charge in [0.1, 0.15) is 0 Å². The Bertz CT molecular complexity index is 91.6. The largest absolute Gasteiger partial charge is 0.352 e. The Hall–Kier alpha value is 0.400. The molecule has 0 spiro atoms. The van der Waals surface area contributed by atoms with Crippen LogP contribution in [0.1, 0.15) is 20.3 Å². The van der Waals surface area contributed by atoms with Crippen LogP contribution in [0.15, 0.2) is 0 Å². The molecule has 1 unspecified atom stereocenters. The van der Waals surface area contributed by atoms with Gasteiger partial charge in [-0.15, -0.1) is 0 Å². The molecule has 0 saturated carbocycles. The Kier molecular flexibility index (Phi) is 4.49. The normalized spacial score (nSPS) is 15.3. The molecule has 0 N–H and O–H groups in total. The first-order valence-electron chi connectivity index (χ1n) is 3.35. The second-order valence-electron chi connectivity index (χ2n) is 2.30. The van der Waals surface area contributed by atoms with Crippen LogP contribution in [-0.4, -0.2) is 24.8 Å².